The summed E-state index contributed by atoms with van der Waals surface area (Å²) in [6.07, 6.45) is -0.937. The predicted octanol–water partition coefficient (Wildman–Crippen LogP) is 4.40. The van der Waals surface area contributed by atoms with Crippen LogP contribution in [0.5, 0.6) is 5.75 Å². The molecule has 20 heavy (non-hydrogen) atoms. The number of aliphatic hydroxyl groups is 1. The highest BCUT2D eigenvalue weighted by molar-refractivity contribution is 7.17. The molecule has 0 spiro atoms. The summed E-state index contributed by atoms with van der Waals surface area (Å²) >= 11 is 1.69. The first-order valence-corrected chi connectivity index (χ1v) is 7.49. The Hall–Kier alpha value is -1.84. The second-order valence-electron chi connectivity index (χ2n) is 4.78. The van der Waals surface area contributed by atoms with E-state index in [0.29, 0.717) is 0 Å². The van der Waals surface area contributed by atoms with Crippen molar-refractivity contribution in [1.29, 1.82) is 0 Å². The zero-order valence-electron chi connectivity index (χ0n) is 11.2. The van der Waals surface area contributed by atoms with Gasteiger partial charge in [0.05, 0.1) is 6.10 Å². The van der Waals surface area contributed by atoms with Crippen LogP contribution >= 0.6 is 11.3 Å². The van der Waals surface area contributed by atoms with Crippen LogP contribution in [0.3, 0.4) is 0 Å². The molecule has 0 saturated heterocycles. The summed E-state index contributed by atoms with van der Waals surface area (Å²) < 4.78 is 7.28. The summed E-state index contributed by atoms with van der Waals surface area (Å²) in [5.74, 6) is 0.818. The fraction of sp³-hybridized carbons (Fsp3) is 0.176. The van der Waals surface area contributed by atoms with Crippen molar-refractivity contribution in [1.82, 2.24) is 0 Å². The van der Waals surface area contributed by atoms with Gasteiger partial charge in [-0.2, -0.15) is 0 Å². The van der Waals surface area contributed by atoms with Gasteiger partial charge >= 0.3 is 0 Å². The minimum Gasteiger partial charge on any atom is -0.482 e. The first-order chi connectivity index (χ1) is 9.75. The molecule has 1 N–H and O–H groups in total. The second kappa shape index (κ2) is 5.65. The van der Waals surface area contributed by atoms with E-state index in [-0.39, 0.29) is 6.10 Å². The molecule has 0 aliphatic carbocycles. The Labute approximate surface area is 122 Å². The van der Waals surface area contributed by atoms with Crippen LogP contribution in [0.1, 0.15) is 18.6 Å². The monoisotopic (exact) mass is 284 g/mol. The highest BCUT2D eigenvalue weighted by Crippen LogP contribution is 2.33. The zero-order chi connectivity index (χ0) is 13.9. The molecule has 0 bridgehead atoms. The molecule has 1 heterocycles. The number of aliphatic hydroxyl groups excluding tert-OH is 1. The van der Waals surface area contributed by atoms with Gasteiger partial charge in [-0.15, -0.1) is 11.3 Å². The van der Waals surface area contributed by atoms with Crippen LogP contribution in [-0.4, -0.2) is 11.2 Å². The Balaban J connectivity index is 1.96. The van der Waals surface area contributed by atoms with E-state index in [0.717, 1.165) is 16.7 Å². The van der Waals surface area contributed by atoms with Crippen LogP contribution in [0.25, 0.3) is 10.1 Å². The molecule has 1 aromatic heterocycles. The lowest BCUT2D eigenvalue weighted by Crippen LogP contribution is -2.20. The average Bonchev–Trinajstić information content (AvgIpc) is 2.94. The molecule has 0 aliphatic heterocycles. The van der Waals surface area contributed by atoms with E-state index in [1.165, 1.54) is 4.70 Å². The lowest BCUT2D eigenvalue weighted by molar-refractivity contribution is 0.0491. The van der Waals surface area contributed by atoms with Crippen molar-refractivity contribution in [3.63, 3.8) is 0 Å². The smallest absolute Gasteiger partial charge is 0.149 e. The van der Waals surface area contributed by atoms with Crippen molar-refractivity contribution < 1.29 is 9.84 Å². The van der Waals surface area contributed by atoms with E-state index in [4.69, 9.17) is 4.74 Å². The average molecular weight is 284 g/mol. The number of rotatable bonds is 4. The van der Waals surface area contributed by atoms with E-state index >= 15 is 0 Å². The molecule has 0 amide bonds. The van der Waals surface area contributed by atoms with Crippen LogP contribution in [0, 0.1) is 0 Å². The first-order valence-electron chi connectivity index (χ1n) is 6.61. The van der Waals surface area contributed by atoms with Gasteiger partial charge in [0.25, 0.3) is 0 Å². The van der Waals surface area contributed by atoms with E-state index in [1.807, 2.05) is 42.5 Å². The quantitative estimate of drug-likeness (QED) is 0.769. The lowest BCUT2D eigenvalue weighted by atomic mass is 10.1. The summed E-state index contributed by atoms with van der Waals surface area (Å²) in [4.78, 5) is 0. The zero-order valence-corrected chi connectivity index (χ0v) is 12.0. The molecule has 0 fully saturated rings. The van der Waals surface area contributed by atoms with Crippen molar-refractivity contribution in [2.24, 2.45) is 0 Å². The molecule has 2 aromatic carbocycles. The van der Waals surface area contributed by atoms with Crippen LogP contribution in [0.15, 0.2) is 60.0 Å². The summed E-state index contributed by atoms with van der Waals surface area (Å²) in [7, 11) is 0. The maximum absolute atomic E-state index is 10.0. The maximum atomic E-state index is 10.0. The third-order valence-corrected chi connectivity index (χ3v) is 4.16. The number of ether oxygens (including phenoxy) is 1. The SMILES string of the molecule is CC(O)C(Oc1cccc2sccc12)c1ccccc1. The predicted molar refractivity (Wildman–Crippen MR) is 83.3 cm³/mol. The number of fused-ring (bicyclic) bond motifs is 1. The van der Waals surface area contributed by atoms with Gasteiger partial charge in [-0.1, -0.05) is 36.4 Å². The van der Waals surface area contributed by atoms with E-state index < -0.39 is 6.10 Å². The summed E-state index contributed by atoms with van der Waals surface area (Å²) in [6.45, 7) is 1.76. The van der Waals surface area contributed by atoms with Gasteiger partial charge in [-0.05, 0) is 36.1 Å². The molecule has 3 heteroatoms. The van der Waals surface area contributed by atoms with E-state index in [2.05, 4.69) is 17.5 Å². The van der Waals surface area contributed by atoms with Crippen LogP contribution < -0.4 is 4.74 Å². The molecule has 0 aliphatic rings. The number of benzene rings is 2. The van der Waals surface area contributed by atoms with E-state index in [1.54, 1.807) is 18.3 Å². The van der Waals surface area contributed by atoms with Crippen molar-refractivity contribution >= 4 is 21.4 Å². The molecule has 0 saturated carbocycles. The molecule has 2 nitrogen and oxygen atoms in total. The number of hydrogen-bond donors (Lipinski definition) is 1. The van der Waals surface area contributed by atoms with Crippen molar-refractivity contribution in [2.75, 3.05) is 0 Å². The summed E-state index contributed by atoms with van der Waals surface area (Å²) in [5, 5.41) is 13.2. The van der Waals surface area contributed by atoms with Gasteiger partial charge in [0.2, 0.25) is 0 Å². The van der Waals surface area contributed by atoms with Gasteiger partial charge in [0.1, 0.15) is 11.9 Å². The van der Waals surface area contributed by atoms with Crippen molar-refractivity contribution in [2.45, 2.75) is 19.1 Å². The molecular weight excluding hydrogens is 268 g/mol. The lowest BCUT2D eigenvalue weighted by Gasteiger charge is -2.22. The minimum atomic E-state index is -0.578. The third-order valence-electron chi connectivity index (χ3n) is 3.28. The number of thiophene rings is 1. The standard InChI is InChI=1S/C17H16O2S/c1-12(18)17(13-6-3-2-4-7-13)19-15-8-5-9-16-14(15)10-11-20-16/h2-12,17-18H,1H3. The molecule has 3 rings (SSSR count). The fourth-order valence-corrected chi connectivity index (χ4v) is 3.10. The van der Waals surface area contributed by atoms with Crippen LogP contribution in [0.2, 0.25) is 0 Å². The van der Waals surface area contributed by atoms with Gasteiger partial charge in [-0.25, -0.2) is 0 Å². The van der Waals surface area contributed by atoms with Crippen LogP contribution in [0.4, 0.5) is 0 Å². The highest BCUT2D eigenvalue weighted by atomic mass is 32.1. The highest BCUT2D eigenvalue weighted by Gasteiger charge is 2.20. The molecule has 0 radical (unpaired) electrons. The summed E-state index contributed by atoms with van der Waals surface area (Å²) in [6, 6.07) is 17.9. The Bertz CT molecular complexity index is 688. The number of hydrogen-bond acceptors (Lipinski definition) is 3. The van der Waals surface area contributed by atoms with Crippen molar-refractivity contribution in [3.8, 4) is 5.75 Å². The van der Waals surface area contributed by atoms with Gasteiger partial charge in [-0.3, -0.25) is 0 Å². The molecular formula is C17H16O2S. The Morgan fingerprint density at radius 3 is 2.55 bits per heavy atom. The molecule has 3 aromatic rings. The third kappa shape index (κ3) is 2.55. The van der Waals surface area contributed by atoms with Gasteiger partial charge in [0.15, 0.2) is 0 Å². The van der Waals surface area contributed by atoms with E-state index in [9.17, 15) is 5.11 Å². The molecule has 2 unspecified atom stereocenters. The van der Waals surface area contributed by atoms with Gasteiger partial charge < -0.3 is 9.84 Å². The Kier molecular flexibility index (Phi) is 3.72. The summed E-state index contributed by atoms with van der Waals surface area (Å²) in [5.41, 5.74) is 0.981. The maximum Gasteiger partial charge on any atom is 0.149 e. The minimum absolute atomic E-state index is 0.360. The largest absolute Gasteiger partial charge is 0.482 e. The second-order valence-corrected chi connectivity index (χ2v) is 5.73. The Morgan fingerprint density at radius 2 is 1.80 bits per heavy atom. The first kappa shape index (κ1) is 13.2. The molecule has 102 valence electrons. The Morgan fingerprint density at radius 1 is 1.00 bits per heavy atom. The van der Waals surface area contributed by atoms with Crippen molar-refractivity contribution in [3.05, 3.63) is 65.5 Å². The van der Waals surface area contributed by atoms with Gasteiger partial charge in [0, 0.05) is 10.1 Å². The molecule has 2 atom stereocenters. The van der Waals surface area contributed by atoms with Crippen LogP contribution in [-0.2, 0) is 0 Å². The normalized spacial score (nSPS) is 14.1. The topological polar surface area (TPSA) is 29.5 Å². The fourth-order valence-electron chi connectivity index (χ4n) is 2.29.